The zero-order valence-corrected chi connectivity index (χ0v) is 8.22. The molecule has 2 bridgehead atoms. The van der Waals surface area contributed by atoms with Crippen LogP contribution in [-0.4, -0.2) is 28.8 Å². The molecule has 5 nitrogen and oxygen atoms in total. The van der Waals surface area contributed by atoms with Gasteiger partial charge in [-0.15, -0.1) is 0 Å². The van der Waals surface area contributed by atoms with Gasteiger partial charge in [0.05, 0.1) is 6.61 Å². The molecule has 3 heterocycles. The van der Waals surface area contributed by atoms with Gasteiger partial charge in [0.2, 0.25) is 0 Å². The monoisotopic (exact) mass is 206 g/mol. The SMILES string of the molecule is [c]1nccc(C2CC3COOC(C2)N3)n1. The van der Waals surface area contributed by atoms with Crippen molar-refractivity contribution in [1.82, 2.24) is 15.3 Å². The van der Waals surface area contributed by atoms with Crippen LogP contribution >= 0.6 is 0 Å². The molecule has 2 aliphatic rings. The van der Waals surface area contributed by atoms with Crippen LogP contribution in [0.1, 0.15) is 24.5 Å². The minimum absolute atomic E-state index is 0.00235. The highest BCUT2D eigenvalue weighted by atomic mass is 17.2. The van der Waals surface area contributed by atoms with E-state index in [0.29, 0.717) is 18.6 Å². The van der Waals surface area contributed by atoms with E-state index in [-0.39, 0.29) is 6.23 Å². The van der Waals surface area contributed by atoms with Crippen LogP contribution < -0.4 is 5.32 Å². The molecule has 15 heavy (non-hydrogen) atoms. The van der Waals surface area contributed by atoms with Crippen LogP contribution in [0.25, 0.3) is 0 Å². The van der Waals surface area contributed by atoms with Gasteiger partial charge in [0.1, 0.15) is 6.23 Å². The van der Waals surface area contributed by atoms with Gasteiger partial charge in [-0.05, 0) is 18.9 Å². The molecule has 0 amide bonds. The van der Waals surface area contributed by atoms with E-state index in [1.165, 1.54) is 0 Å². The topological polar surface area (TPSA) is 56.3 Å². The first-order valence-corrected chi connectivity index (χ1v) is 5.15. The van der Waals surface area contributed by atoms with E-state index >= 15 is 0 Å². The molecule has 1 aromatic heterocycles. The maximum atomic E-state index is 5.14. The first-order chi connectivity index (χ1) is 7.42. The quantitative estimate of drug-likeness (QED) is 0.674. The van der Waals surface area contributed by atoms with Crippen LogP contribution in [0.2, 0.25) is 0 Å². The summed E-state index contributed by atoms with van der Waals surface area (Å²) >= 11 is 0. The summed E-state index contributed by atoms with van der Waals surface area (Å²) in [5, 5.41) is 3.35. The third-order valence-corrected chi connectivity index (χ3v) is 2.92. The Morgan fingerprint density at radius 2 is 2.47 bits per heavy atom. The van der Waals surface area contributed by atoms with E-state index in [2.05, 4.69) is 21.6 Å². The van der Waals surface area contributed by atoms with Crippen molar-refractivity contribution in [1.29, 1.82) is 0 Å². The molecule has 0 aromatic carbocycles. The molecule has 2 aliphatic heterocycles. The molecule has 79 valence electrons. The summed E-state index contributed by atoms with van der Waals surface area (Å²) in [7, 11) is 0. The first-order valence-electron chi connectivity index (χ1n) is 5.15. The van der Waals surface area contributed by atoms with Crippen molar-refractivity contribution in [3.8, 4) is 0 Å². The highest BCUT2D eigenvalue weighted by Crippen LogP contribution is 2.31. The lowest BCUT2D eigenvalue weighted by Gasteiger charge is -2.38. The minimum atomic E-state index is -0.00235. The van der Waals surface area contributed by atoms with E-state index < -0.39 is 0 Å². The fourth-order valence-electron chi connectivity index (χ4n) is 2.22. The maximum absolute atomic E-state index is 5.14. The highest BCUT2D eigenvalue weighted by Gasteiger charge is 2.34. The third-order valence-electron chi connectivity index (χ3n) is 2.92. The fourth-order valence-corrected chi connectivity index (χ4v) is 2.22. The molecule has 3 rings (SSSR count). The Morgan fingerprint density at radius 3 is 3.27 bits per heavy atom. The molecule has 3 unspecified atom stereocenters. The maximum Gasteiger partial charge on any atom is 0.197 e. The third kappa shape index (κ3) is 1.86. The summed E-state index contributed by atoms with van der Waals surface area (Å²) in [5.74, 6) is 0.421. The van der Waals surface area contributed by atoms with Gasteiger partial charge in [0.15, 0.2) is 6.33 Å². The molecular weight excluding hydrogens is 194 g/mol. The summed E-state index contributed by atoms with van der Waals surface area (Å²) in [5.41, 5.74) is 1.05. The van der Waals surface area contributed by atoms with Crippen molar-refractivity contribution < 1.29 is 9.78 Å². The molecule has 1 aromatic rings. The van der Waals surface area contributed by atoms with Gasteiger partial charge in [-0.1, -0.05) is 0 Å². The number of hydrogen-bond donors (Lipinski definition) is 1. The van der Waals surface area contributed by atoms with Crippen molar-refractivity contribution in [2.75, 3.05) is 6.61 Å². The number of nitrogens with one attached hydrogen (secondary N) is 1. The summed E-state index contributed by atoms with van der Waals surface area (Å²) in [4.78, 5) is 18.1. The Labute approximate surface area is 87.8 Å². The van der Waals surface area contributed by atoms with Gasteiger partial charge in [-0.3, -0.25) is 5.32 Å². The smallest absolute Gasteiger partial charge is 0.197 e. The summed E-state index contributed by atoms with van der Waals surface area (Å²) in [6.07, 6.45) is 6.29. The normalized spacial score (nSPS) is 35.1. The van der Waals surface area contributed by atoms with E-state index in [0.717, 1.165) is 18.5 Å². The molecule has 3 atom stereocenters. The minimum Gasteiger partial charge on any atom is -0.284 e. The van der Waals surface area contributed by atoms with Crippen molar-refractivity contribution in [3.05, 3.63) is 24.3 Å². The summed E-state index contributed by atoms with van der Waals surface area (Å²) < 4.78 is 0. The molecule has 0 spiro atoms. The van der Waals surface area contributed by atoms with E-state index in [1.54, 1.807) is 6.20 Å². The Bertz CT molecular complexity index is 321. The summed E-state index contributed by atoms with van der Waals surface area (Å²) in [6.45, 7) is 0.613. The van der Waals surface area contributed by atoms with E-state index in [4.69, 9.17) is 9.78 Å². The lowest BCUT2D eigenvalue weighted by atomic mass is 9.88. The lowest BCUT2D eigenvalue weighted by molar-refractivity contribution is -0.365. The molecular formula is C10H12N3O2. The zero-order valence-electron chi connectivity index (χ0n) is 8.22. The average molecular weight is 206 g/mol. The van der Waals surface area contributed by atoms with Crippen LogP contribution in [0, 0.1) is 6.33 Å². The number of aromatic nitrogens is 2. The van der Waals surface area contributed by atoms with Gasteiger partial charge in [-0.2, -0.15) is 0 Å². The Balaban J connectivity index is 1.78. The lowest BCUT2D eigenvalue weighted by Crippen LogP contribution is -2.52. The molecule has 2 fully saturated rings. The van der Waals surface area contributed by atoms with Crippen molar-refractivity contribution >= 4 is 0 Å². The molecule has 2 saturated heterocycles. The standard InChI is InChI=1S/C10H12N3O2/c1-2-11-6-12-9(1)7-3-8-5-14-15-10(4-7)13-8/h1-2,7-8,10,13H,3-5H2. The van der Waals surface area contributed by atoms with Crippen LogP contribution in [0.5, 0.6) is 0 Å². The molecule has 1 radical (unpaired) electrons. The number of piperidine rings is 1. The predicted molar refractivity (Wildman–Crippen MR) is 50.6 cm³/mol. The first kappa shape index (κ1) is 9.21. The molecule has 0 saturated carbocycles. The van der Waals surface area contributed by atoms with Gasteiger partial charge in [0, 0.05) is 23.9 Å². The largest absolute Gasteiger partial charge is 0.284 e. The second kappa shape index (κ2) is 3.84. The molecule has 1 N–H and O–H groups in total. The summed E-state index contributed by atoms with van der Waals surface area (Å²) in [6, 6.07) is 2.32. The van der Waals surface area contributed by atoms with E-state index in [9.17, 15) is 0 Å². The van der Waals surface area contributed by atoms with Gasteiger partial charge < -0.3 is 0 Å². The number of rotatable bonds is 1. The molecule has 5 heteroatoms. The van der Waals surface area contributed by atoms with Gasteiger partial charge in [0.25, 0.3) is 0 Å². The highest BCUT2D eigenvalue weighted by molar-refractivity contribution is 5.08. The van der Waals surface area contributed by atoms with E-state index in [1.807, 2.05) is 6.07 Å². The molecule has 0 aliphatic carbocycles. The Morgan fingerprint density at radius 1 is 1.47 bits per heavy atom. The van der Waals surface area contributed by atoms with Crippen molar-refractivity contribution in [2.45, 2.75) is 31.0 Å². The number of fused-ring (bicyclic) bond motifs is 2. The second-order valence-electron chi connectivity index (χ2n) is 3.98. The van der Waals surface area contributed by atoms with Gasteiger partial charge in [-0.25, -0.2) is 19.7 Å². The van der Waals surface area contributed by atoms with Crippen LogP contribution in [-0.2, 0) is 9.78 Å². The van der Waals surface area contributed by atoms with Crippen molar-refractivity contribution in [3.63, 3.8) is 0 Å². The van der Waals surface area contributed by atoms with Gasteiger partial charge >= 0.3 is 0 Å². The van der Waals surface area contributed by atoms with Crippen molar-refractivity contribution in [2.24, 2.45) is 0 Å². The van der Waals surface area contributed by atoms with Crippen LogP contribution in [0.3, 0.4) is 0 Å². The zero-order chi connectivity index (χ0) is 10.1. The Kier molecular flexibility index (Phi) is 2.36. The Hall–Kier alpha value is -1.04. The number of nitrogens with zero attached hydrogens (tertiary/aromatic N) is 2. The predicted octanol–water partition coefficient (Wildman–Crippen LogP) is 0.400. The van der Waals surface area contributed by atoms with Crippen LogP contribution in [0.15, 0.2) is 12.3 Å². The fraction of sp³-hybridized carbons (Fsp3) is 0.600. The average Bonchev–Trinajstić information content (AvgIpc) is 2.30. The van der Waals surface area contributed by atoms with Crippen LogP contribution in [0.4, 0.5) is 0 Å². The second-order valence-corrected chi connectivity index (χ2v) is 3.98. The number of hydrogen-bond acceptors (Lipinski definition) is 5.